The fourth-order valence-electron chi connectivity index (χ4n) is 1.71. The van der Waals surface area contributed by atoms with Gasteiger partial charge in [0.2, 0.25) is 0 Å². The highest BCUT2D eigenvalue weighted by molar-refractivity contribution is 5.92. The van der Waals surface area contributed by atoms with Crippen molar-refractivity contribution in [3.8, 4) is 0 Å². The average molecular weight is 220 g/mol. The van der Waals surface area contributed by atoms with Crippen molar-refractivity contribution in [2.24, 2.45) is 5.73 Å². The predicted octanol–water partition coefficient (Wildman–Crippen LogP) is 1.75. The van der Waals surface area contributed by atoms with Crippen molar-refractivity contribution >= 4 is 11.6 Å². The molecule has 1 saturated carbocycles. The van der Waals surface area contributed by atoms with Crippen LogP contribution in [0.1, 0.15) is 34.7 Å². The Balaban J connectivity index is 2.23. The first-order valence-corrected chi connectivity index (χ1v) is 5.33. The van der Waals surface area contributed by atoms with Gasteiger partial charge in [0.25, 0.3) is 5.91 Å². The molecule has 4 nitrogen and oxygen atoms in total. The maximum Gasteiger partial charge on any atom is 0.289 e. The molecule has 1 heterocycles. The Bertz CT molecular complexity index is 444. The lowest BCUT2D eigenvalue weighted by Crippen LogP contribution is -2.28. The Kier molecular flexibility index (Phi) is 2.50. The summed E-state index contributed by atoms with van der Waals surface area (Å²) >= 11 is 0. The molecule has 0 bridgehead atoms. The first-order chi connectivity index (χ1) is 7.50. The van der Waals surface area contributed by atoms with Gasteiger partial charge in [0.05, 0.1) is 5.70 Å². The lowest BCUT2D eigenvalue weighted by atomic mass is 10.2. The Morgan fingerprint density at radius 3 is 2.69 bits per heavy atom. The van der Waals surface area contributed by atoms with Gasteiger partial charge in [-0.25, -0.2) is 0 Å². The third-order valence-electron chi connectivity index (χ3n) is 2.84. The highest BCUT2D eigenvalue weighted by Gasteiger charge is 2.31. The van der Waals surface area contributed by atoms with Crippen LogP contribution in [0.25, 0.3) is 5.70 Å². The second-order valence-corrected chi connectivity index (χ2v) is 4.30. The SMILES string of the molecule is C=C(N)c1oc(C(=O)N(C)C2CC2)cc1C. The summed E-state index contributed by atoms with van der Waals surface area (Å²) in [7, 11) is 1.80. The number of rotatable bonds is 3. The van der Waals surface area contributed by atoms with Gasteiger partial charge >= 0.3 is 0 Å². The Morgan fingerprint density at radius 2 is 2.25 bits per heavy atom. The molecule has 0 saturated heterocycles. The van der Waals surface area contributed by atoms with Crippen molar-refractivity contribution in [1.29, 1.82) is 0 Å². The standard InChI is InChI=1S/C12H16N2O2/c1-7-6-10(16-11(7)8(2)13)12(15)14(3)9-4-5-9/h6,9H,2,4-5,13H2,1,3H3. The van der Waals surface area contributed by atoms with E-state index < -0.39 is 0 Å². The van der Waals surface area contributed by atoms with Crippen molar-refractivity contribution < 1.29 is 9.21 Å². The van der Waals surface area contributed by atoms with Crippen molar-refractivity contribution in [3.63, 3.8) is 0 Å². The molecule has 1 aliphatic rings. The van der Waals surface area contributed by atoms with Gasteiger partial charge in [-0.2, -0.15) is 0 Å². The molecular formula is C12H16N2O2. The first-order valence-electron chi connectivity index (χ1n) is 5.33. The molecule has 2 N–H and O–H groups in total. The summed E-state index contributed by atoms with van der Waals surface area (Å²) in [5, 5.41) is 0. The van der Waals surface area contributed by atoms with Gasteiger partial charge in [-0.05, 0) is 31.4 Å². The Hall–Kier alpha value is -1.71. The maximum absolute atomic E-state index is 12.0. The van der Waals surface area contributed by atoms with Crippen LogP contribution in [0.5, 0.6) is 0 Å². The van der Waals surface area contributed by atoms with Crippen LogP contribution in [0.2, 0.25) is 0 Å². The van der Waals surface area contributed by atoms with Crippen LogP contribution >= 0.6 is 0 Å². The van der Waals surface area contributed by atoms with Crippen LogP contribution in [0.15, 0.2) is 17.1 Å². The van der Waals surface area contributed by atoms with E-state index in [-0.39, 0.29) is 5.91 Å². The summed E-state index contributed by atoms with van der Waals surface area (Å²) < 4.78 is 5.42. The minimum absolute atomic E-state index is 0.0851. The van der Waals surface area contributed by atoms with Gasteiger partial charge in [-0.15, -0.1) is 0 Å². The van der Waals surface area contributed by atoms with E-state index in [0.717, 1.165) is 18.4 Å². The van der Waals surface area contributed by atoms with Crippen molar-refractivity contribution in [2.75, 3.05) is 7.05 Å². The molecule has 16 heavy (non-hydrogen) atoms. The monoisotopic (exact) mass is 220 g/mol. The molecular weight excluding hydrogens is 204 g/mol. The van der Waals surface area contributed by atoms with E-state index in [1.165, 1.54) is 0 Å². The minimum Gasteiger partial charge on any atom is -0.449 e. The molecule has 1 fully saturated rings. The first kappa shape index (κ1) is 10.8. The van der Waals surface area contributed by atoms with Crippen molar-refractivity contribution in [1.82, 2.24) is 4.90 Å². The molecule has 1 aromatic rings. The molecule has 0 spiro atoms. The van der Waals surface area contributed by atoms with Crippen LogP contribution in [0, 0.1) is 6.92 Å². The van der Waals surface area contributed by atoms with Crippen LogP contribution in [-0.2, 0) is 0 Å². The zero-order valence-electron chi connectivity index (χ0n) is 9.62. The number of nitrogens with two attached hydrogens (primary N) is 1. The fraction of sp³-hybridized carbons (Fsp3) is 0.417. The van der Waals surface area contributed by atoms with Crippen LogP contribution < -0.4 is 5.73 Å². The van der Waals surface area contributed by atoms with Crippen LogP contribution in [0.3, 0.4) is 0 Å². The van der Waals surface area contributed by atoms with Gasteiger partial charge in [-0.1, -0.05) is 6.58 Å². The molecule has 0 unspecified atom stereocenters. The van der Waals surface area contributed by atoms with Crippen molar-refractivity contribution in [2.45, 2.75) is 25.8 Å². The summed E-state index contributed by atoms with van der Waals surface area (Å²) in [4.78, 5) is 13.7. The van der Waals surface area contributed by atoms with E-state index in [4.69, 9.17) is 10.2 Å². The molecule has 1 aromatic heterocycles. The molecule has 0 aliphatic heterocycles. The molecule has 0 radical (unpaired) electrons. The molecule has 86 valence electrons. The summed E-state index contributed by atoms with van der Waals surface area (Å²) in [6.45, 7) is 5.46. The number of furan rings is 1. The number of hydrogen-bond donors (Lipinski definition) is 1. The molecule has 1 amide bonds. The van der Waals surface area contributed by atoms with E-state index >= 15 is 0 Å². The third-order valence-corrected chi connectivity index (χ3v) is 2.84. The fourth-order valence-corrected chi connectivity index (χ4v) is 1.71. The lowest BCUT2D eigenvalue weighted by Gasteiger charge is -2.13. The topological polar surface area (TPSA) is 59.5 Å². The van der Waals surface area contributed by atoms with E-state index in [1.807, 2.05) is 6.92 Å². The number of carbonyl (C=O) groups is 1. The van der Waals surface area contributed by atoms with Gasteiger partial charge in [0.15, 0.2) is 11.5 Å². The van der Waals surface area contributed by atoms with E-state index in [9.17, 15) is 4.79 Å². The largest absolute Gasteiger partial charge is 0.449 e. The van der Waals surface area contributed by atoms with Gasteiger partial charge in [-0.3, -0.25) is 4.79 Å². The van der Waals surface area contributed by atoms with Crippen LogP contribution in [0.4, 0.5) is 0 Å². The quantitative estimate of drug-likeness (QED) is 0.844. The van der Waals surface area contributed by atoms with Gasteiger partial charge < -0.3 is 15.1 Å². The molecule has 0 aromatic carbocycles. The second kappa shape index (κ2) is 3.70. The normalized spacial score (nSPS) is 14.9. The molecule has 0 atom stereocenters. The lowest BCUT2D eigenvalue weighted by molar-refractivity contribution is 0.0753. The minimum atomic E-state index is -0.0851. The van der Waals surface area contributed by atoms with E-state index in [2.05, 4.69) is 6.58 Å². The number of nitrogens with zero attached hydrogens (tertiary/aromatic N) is 1. The Morgan fingerprint density at radius 1 is 1.62 bits per heavy atom. The summed E-state index contributed by atoms with van der Waals surface area (Å²) in [5.74, 6) is 0.763. The Labute approximate surface area is 94.7 Å². The molecule has 1 aliphatic carbocycles. The maximum atomic E-state index is 12.0. The van der Waals surface area contributed by atoms with Gasteiger partial charge in [0, 0.05) is 13.1 Å². The molecule has 2 rings (SSSR count). The highest BCUT2D eigenvalue weighted by Crippen LogP contribution is 2.28. The zero-order valence-corrected chi connectivity index (χ0v) is 9.62. The van der Waals surface area contributed by atoms with Crippen molar-refractivity contribution in [3.05, 3.63) is 29.7 Å². The summed E-state index contributed by atoms with van der Waals surface area (Å²) in [5.41, 5.74) is 6.76. The second-order valence-electron chi connectivity index (χ2n) is 4.30. The summed E-state index contributed by atoms with van der Waals surface area (Å²) in [6, 6.07) is 2.09. The zero-order chi connectivity index (χ0) is 11.9. The number of carbonyl (C=O) groups excluding carboxylic acids is 1. The van der Waals surface area contributed by atoms with Gasteiger partial charge in [0.1, 0.15) is 0 Å². The summed E-state index contributed by atoms with van der Waals surface area (Å²) in [6.07, 6.45) is 2.16. The molecule has 4 heteroatoms. The predicted molar refractivity (Wildman–Crippen MR) is 61.8 cm³/mol. The third kappa shape index (κ3) is 1.83. The highest BCUT2D eigenvalue weighted by atomic mass is 16.4. The number of amides is 1. The number of aryl methyl sites for hydroxylation is 1. The van der Waals surface area contributed by atoms with E-state index in [1.54, 1.807) is 18.0 Å². The smallest absolute Gasteiger partial charge is 0.289 e. The van der Waals surface area contributed by atoms with Crippen LogP contribution in [-0.4, -0.2) is 23.9 Å². The number of hydrogen-bond acceptors (Lipinski definition) is 3. The van der Waals surface area contributed by atoms with E-state index in [0.29, 0.717) is 23.3 Å². The average Bonchev–Trinajstić information content (AvgIpc) is 2.99.